The van der Waals surface area contributed by atoms with Crippen molar-refractivity contribution in [2.24, 2.45) is 5.92 Å². The molecule has 1 saturated heterocycles. The Morgan fingerprint density at radius 2 is 2.00 bits per heavy atom. The maximum absolute atomic E-state index is 12.4. The van der Waals surface area contributed by atoms with Gasteiger partial charge in [0.2, 0.25) is 5.91 Å². The van der Waals surface area contributed by atoms with Crippen LogP contribution in [0.25, 0.3) is 0 Å². The molecule has 2 amide bonds. The normalized spacial score (nSPS) is 21.5. The first kappa shape index (κ1) is 16.5. The van der Waals surface area contributed by atoms with E-state index in [1.54, 1.807) is 7.05 Å². The summed E-state index contributed by atoms with van der Waals surface area (Å²) in [6.07, 6.45) is 6.06. The number of carbonyl (C=O) groups is 2. The first-order valence-corrected chi connectivity index (χ1v) is 8.32. The number of carbonyl (C=O) groups excluding carboxylic acids is 2. The van der Waals surface area contributed by atoms with Crippen LogP contribution in [-0.2, 0) is 4.79 Å². The van der Waals surface area contributed by atoms with Crippen molar-refractivity contribution in [1.29, 1.82) is 0 Å². The quantitative estimate of drug-likeness (QED) is 0.803. The highest BCUT2D eigenvalue weighted by Gasteiger charge is 2.36. The van der Waals surface area contributed by atoms with Crippen molar-refractivity contribution >= 4 is 11.8 Å². The minimum Gasteiger partial charge on any atom is -0.341 e. The number of H-pyrrole nitrogens is 2. The first-order valence-electron chi connectivity index (χ1n) is 8.32. The molecule has 0 bridgehead atoms. The number of amides is 2. The average molecular weight is 334 g/mol. The predicted molar refractivity (Wildman–Crippen MR) is 86.7 cm³/mol. The molecule has 2 aliphatic rings. The van der Waals surface area contributed by atoms with Gasteiger partial charge >= 0.3 is 5.69 Å². The number of rotatable bonds is 4. The van der Waals surface area contributed by atoms with E-state index in [0.717, 1.165) is 19.0 Å². The Balaban J connectivity index is 1.63. The molecule has 2 fully saturated rings. The van der Waals surface area contributed by atoms with Gasteiger partial charge in [-0.2, -0.15) is 0 Å². The van der Waals surface area contributed by atoms with Gasteiger partial charge in [-0.15, -0.1) is 0 Å². The lowest BCUT2D eigenvalue weighted by Gasteiger charge is -2.25. The zero-order chi connectivity index (χ0) is 17.3. The Hall–Kier alpha value is -2.38. The van der Waals surface area contributed by atoms with Gasteiger partial charge in [-0.05, 0) is 12.8 Å². The molecule has 8 heteroatoms. The second-order valence-corrected chi connectivity index (χ2v) is 6.73. The summed E-state index contributed by atoms with van der Waals surface area (Å²) in [5.74, 6) is -0.220. The van der Waals surface area contributed by atoms with Gasteiger partial charge in [0.05, 0.1) is 0 Å². The summed E-state index contributed by atoms with van der Waals surface area (Å²) in [4.78, 5) is 55.1. The van der Waals surface area contributed by atoms with Gasteiger partial charge in [0, 0.05) is 44.7 Å². The van der Waals surface area contributed by atoms with E-state index in [2.05, 4.69) is 4.98 Å². The molecule has 0 radical (unpaired) electrons. The van der Waals surface area contributed by atoms with Gasteiger partial charge in [-0.1, -0.05) is 12.8 Å². The standard InChI is InChI=1S/C16H22N4O4/c1-19(15(23)12-7-17-16(24)18-14(12)22)8-10-6-13(21)20(9-10)11-4-2-3-5-11/h7,10-11H,2-6,8-9H2,1H3,(H2,17,18,22,24)/t10-/m1/s1. The summed E-state index contributed by atoms with van der Waals surface area (Å²) in [6, 6.07) is 0.352. The summed E-state index contributed by atoms with van der Waals surface area (Å²) >= 11 is 0. The minimum atomic E-state index is -0.703. The lowest BCUT2D eigenvalue weighted by atomic mass is 10.1. The number of hydrogen-bond acceptors (Lipinski definition) is 4. The monoisotopic (exact) mass is 334 g/mol. The molecule has 0 spiro atoms. The molecule has 1 saturated carbocycles. The number of aromatic amines is 2. The summed E-state index contributed by atoms with van der Waals surface area (Å²) in [7, 11) is 1.61. The Morgan fingerprint density at radius 1 is 1.29 bits per heavy atom. The topological polar surface area (TPSA) is 106 Å². The van der Waals surface area contributed by atoms with E-state index in [1.165, 1.54) is 17.7 Å². The summed E-state index contributed by atoms with van der Waals surface area (Å²) < 4.78 is 0. The molecular formula is C16H22N4O4. The fourth-order valence-electron chi connectivity index (χ4n) is 3.74. The lowest BCUT2D eigenvalue weighted by Crippen LogP contribution is -2.38. The average Bonchev–Trinajstić information content (AvgIpc) is 3.16. The van der Waals surface area contributed by atoms with Crippen molar-refractivity contribution in [2.45, 2.75) is 38.1 Å². The third kappa shape index (κ3) is 3.27. The van der Waals surface area contributed by atoms with Crippen molar-refractivity contribution < 1.29 is 9.59 Å². The van der Waals surface area contributed by atoms with E-state index in [9.17, 15) is 19.2 Å². The molecule has 1 aromatic rings. The Labute approximate surface area is 138 Å². The number of likely N-dealkylation sites (tertiary alicyclic amines) is 1. The van der Waals surface area contributed by atoms with Crippen LogP contribution in [0.2, 0.25) is 0 Å². The first-order chi connectivity index (χ1) is 11.5. The molecule has 1 aromatic heterocycles. The van der Waals surface area contributed by atoms with Gasteiger partial charge in [0.1, 0.15) is 5.56 Å². The second-order valence-electron chi connectivity index (χ2n) is 6.73. The third-order valence-corrected chi connectivity index (χ3v) is 4.93. The predicted octanol–water partition coefficient (Wildman–Crippen LogP) is -0.0737. The zero-order valence-electron chi connectivity index (χ0n) is 13.7. The summed E-state index contributed by atoms with van der Waals surface area (Å²) in [5, 5.41) is 0. The molecular weight excluding hydrogens is 312 g/mol. The molecule has 3 rings (SSSR count). The maximum atomic E-state index is 12.4. The minimum absolute atomic E-state index is 0.0777. The van der Waals surface area contributed by atoms with E-state index >= 15 is 0 Å². The number of nitrogens with one attached hydrogen (secondary N) is 2. The van der Waals surface area contributed by atoms with Crippen LogP contribution in [0.1, 0.15) is 42.5 Å². The van der Waals surface area contributed by atoms with Gasteiger partial charge in [-0.3, -0.25) is 19.4 Å². The molecule has 130 valence electrons. The molecule has 0 aromatic carbocycles. The Morgan fingerprint density at radius 3 is 2.67 bits per heavy atom. The van der Waals surface area contributed by atoms with E-state index in [1.807, 2.05) is 9.88 Å². The van der Waals surface area contributed by atoms with Crippen LogP contribution in [0.3, 0.4) is 0 Å². The second kappa shape index (κ2) is 6.62. The van der Waals surface area contributed by atoms with Crippen LogP contribution in [0, 0.1) is 5.92 Å². The maximum Gasteiger partial charge on any atom is 0.325 e. The molecule has 1 atom stereocenters. The number of nitrogens with zero attached hydrogens (tertiary/aromatic N) is 2. The highest BCUT2D eigenvalue weighted by atomic mass is 16.2. The van der Waals surface area contributed by atoms with Crippen molar-refractivity contribution in [3.8, 4) is 0 Å². The summed E-state index contributed by atoms with van der Waals surface area (Å²) in [6.45, 7) is 1.08. The summed E-state index contributed by atoms with van der Waals surface area (Å²) in [5.41, 5.74) is -1.45. The number of hydrogen-bond donors (Lipinski definition) is 2. The van der Waals surface area contributed by atoms with Gasteiger partial charge in [0.25, 0.3) is 11.5 Å². The molecule has 24 heavy (non-hydrogen) atoms. The van der Waals surface area contributed by atoms with E-state index in [0.29, 0.717) is 25.6 Å². The molecule has 2 N–H and O–H groups in total. The highest BCUT2D eigenvalue weighted by Crippen LogP contribution is 2.29. The molecule has 0 unspecified atom stereocenters. The fraction of sp³-hybridized carbons (Fsp3) is 0.625. The highest BCUT2D eigenvalue weighted by molar-refractivity contribution is 5.93. The van der Waals surface area contributed by atoms with Gasteiger partial charge < -0.3 is 14.8 Å². The van der Waals surface area contributed by atoms with E-state index < -0.39 is 17.2 Å². The molecule has 1 aliphatic carbocycles. The lowest BCUT2D eigenvalue weighted by molar-refractivity contribution is -0.129. The van der Waals surface area contributed by atoms with Gasteiger partial charge in [0.15, 0.2) is 0 Å². The van der Waals surface area contributed by atoms with Crippen molar-refractivity contribution in [2.75, 3.05) is 20.1 Å². The van der Waals surface area contributed by atoms with Crippen LogP contribution in [0.15, 0.2) is 15.8 Å². The SMILES string of the molecule is CN(C[C@H]1CC(=O)N(C2CCCC2)C1)C(=O)c1c[nH]c(=O)[nH]c1=O. The van der Waals surface area contributed by atoms with Crippen molar-refractivity contribution in [1.82, 2.24) is 19.8 Å². The largest absolute Gasteiger partial charge is 0.341 e. The van der Waals surface area contributed by atoms with Crippen molar-refractivity contribution in [3.05, 3.63) is 32.6 Å². The van der Waals surface area contributed by atoms with Gasteiger partial charge in [-0.25, -0.2) is 4.79 Å². The van der Waals surface area contributed by atoms with Crippen LogP contribution >= 0.6 is 0 Å². The van der Waals surface area contributed by atoms with E-state index in [4.69, 9.17) is 0 Å². The van der Waals surface area contributed by atoms with Crippen LogP contribution in [0.4, 0.5) is 0 Å². The third-order valence-electron chi connectivity index (χ3n) is 4.93. The fourth-order valence-corrected chi connectivity index (χ4v) is 3.74. The van der Waals surface area contributed by atoms with Crippen LogP contribution < -0.4 is 11.2 Å². The van der Waals surface area contributed by atoms with Crippen LogP contribution in [-0.4, -0.2) is 57.8 Å². The van der Waals surface area contributed by atoms with Crippen LogP contribution in [0.5, 0.6) is 0 Å². The zero-order valence-corrected chi connectivity index (χ0v) is 13.7. The molecule has 1 aliphatic heterocycles. The smallest absolute Gasteiger partial charge is 0.325 e. The Bertz CT molecular complexity index is 747. The Kier molecular flexibility index (Phi) is 4.55. The van der Waals surface area contributed by atoms with Crippen molar-refractivity contribution in [3.63, 3.8) is 0 Å². The van der Waals surface area contributed by atoms with E-state index in [-0.39, 0.29) is 17.4 Å². The number of aromatic nitrogens is 2. The molecule has 8 nitrogen and oxygen atoms in total. The molecule has 2 heterocycles.